The quantitative estimate of drug-likeness (QED) is 0.489. The minimum Gasteiger partial charge on any atom is -0.389 e. The van der Waals surface area contributed by atoms with Crippen LogP contribution in [0.25, 0.3) is 0 Å². The first kappa shape index (κ1) is 10.4. The maximum Gasteiger partial charge on any atom is 0.235 e. The summed E-state index contributed by atoms with van der Waals surface area (Å²) in [5.41, 5.74) is 9.87. The average molecular weight is 187 g/mol. The molecule has 0 aromatic carbocycles. The molecule has 1 aliphatic heterocycles. The van der Waals surface area contributed by atoms with Crippen LogP contribution in [-0.4, -0.2) is 47.2 Å². The third kappa shape index (κ3) is 2.95. The van der Waals surface area contributed by atoms with Crippen LogP contribution in [0.3, 0.4) is 0 Å². The van der Waals surface area contributed by atoms with E-state index in [0.29, 0.717) is 13.1 Å². The van der Waals surface area contributed by atoms with Gasteiger partial charge >= 0.3 is 0 Å². The number of carbonyl (C=O) groups is 1. The van der Waals surface area contributed by atoms with E-state index in [1.54, 1.807) is 6.92 Å². The highest BCUT2D eigenvalue weighted by atomic mass is 16.3. The molecule has 1 amide bonds. The van der Waals surface area contributed by atoms with Crippen LogP contribution >= 0.6 is 0 Å². The van der Waals surface area contributed by atoms with E-state index in [1.165, 1.54) is 0 Å². The number of primary amides is 1. The fourth-order valence-electron chi connectivity index (χ4n) is 1.56. The van der Waals surface area contributed by atoms with Crippen LogP contribution in [0.4, 0.5) is 0 Å². The molecule has 0 aromatic rings. The van der Waals surface area contributed by atoms with Crippen molar-refractivity contribution in [3.8, 4) is 0 Å². The number of nitrogens with two attached hydrogens (primary N) is 2. The smallest absolute Gasteiger partial charge is 0.235 e. The first-order valence-corrected chi connectivity index (χ1v) is 4.40. The van der Waals surface area contributed by atoms with Crippen molar-refractivity contribution in [2.24, 2.45) is 11.5 Å². The van der Waals surface area contributed by atoms with Crippen LogP contribution in [0.5, 0.6) is 0 Å². The average Bonchev–Trinajstić information content (AvgIpc) is 2.30. The third-order valence-electron chi connectivity index (χ3n) is 2.35. The molecular weight excluding hydrogens is 170 g/mol. The largest absolute Gasteiger partial charge is 0.389 e. The Kier molecular flexibility index (Phi) is 2.90. The summed E-state index contributed by atoms with van der Waals surface area (Å²) in [6.45, 7) is 3.55. The van der Waals surface area contributed by atoms with Gasteiger partial charge in [0.05, 0.1) is 11.6 Å². The Labute approximate surface area is 77.7 Å². The lowest BCUT2D eigenvalue weighted by Crippen LogP contribution is -2.46. The van der Waals surface area contributed by atoms with Crippen LogP contribution in [-0.2, 0) is 4.79 Å². The molecule has 1 rings (SSSR count). The number of hydrogen-bond acceptors (Lipinski definition) is 4. The predicted molar refractivity (Wildman–Crippen MR) is 48.9 cm³/mol. The summed E-state index contributed by atoms with van der Waals surface area (Å²) < 4.78 is 0. The van der Waals surface area contributed by atoms with Crippen molar-refractivity contribution < 1.29 is 9.90 Å². The highest BCUT2D eigenvalue weighted by Gasteiger charge is 2.32. The molecule has 76 valence electrons. The van der Waals surface area contributed by atoms with Crippen LogP contribution in [0, 0.1) is 0 Å². The second-order valence-electron chi connectivity index (χ2n) is 3.99. The maximum absolute atomic E-state index is 10.7. The summed E-state index contributed by atoms with van der Waals surface area (Å²) in [6, 6.07) is -0.631. The molecule has 1 saturated heterocycles. The molecule has 0 radical (unpaired) electrons. The first-order chi connectivity index (χ1) is 5.91. The summed E-state index contributed by atoms with van der Waals surface area (Å²) in [5.74, 6) is -0.494. The van der Waals surface area contributed by atoms with Gasteiger partial charge in [-0.15, -0.1) is 0 Å². The monoisotopic (exact) mass is 187 g/mol. The van der Waals surface area contributed by atoms with Crippen molar-refractivity contribution in [2.75, 3.05) is 19.6 Å². The van der Waals surface area contributed by atoms with E-state index in [4.69, 9.17) is 11.5 Å². The van der Waals surface area contributed by atoms with Crippen LogP contribution < -0.4 is 11.5 Å². The van der Waals surface area contributed by atoms with Gasteiger partial charge in [0, 0.05) is 19.6 Å². The molecule has 2 atom stereocenters. The van der Waals surface area contributed by atoms with Gasteiger partial charge in [-0.1, -0.05) is 0 Å². The van der Waals surface area contributed by atoms with Gasteiger partial charge in [0.25, 0.3) is 0 Å². The minimum absolute atomic E-state index is 0.436. The fraction of sp³-hybridized carbons (Fsp3) is 0.875. The lowest BCUT2D eigenvalue weighted by molar-refractivity contribution is -0.119. The van der Waals surface area contributed by atoms with E-state index in [2.05, 4.69) is 0 Å². The second kappa shape index (κ2) is 3.61. The Morgan fingerprint density at radius 3 is 2.77 bits per heavy atom. The highest BCUT2D eigenvalue weighted by molar-refractivity contribution is 5.79. The van der Waals surface area contributed by atoms with E-state index in [9.17, 15) is 9.90 Å². The van der Waals surface area contributed by atoms with Crippen molar-refractivity contribution in [3.63, 3.8) is 0 Å². The number of rotatable bonds is 3. The number of amides is 1. The summed E-state index contributed by atoms with van der Waals surface area (Å²) in [7, 11) is 0. The van der Waals surface area contributed by atoms with Crippen LogP contribution in [0.1, 0.15) is 13.3 Å². The molecule has 0 aromatic heterocycles. The first-order valence-electron chi connectivity index (χ1n) is 4.40. The summed E-state index contributed by atoms with van der Waals surface area (Å²) >= 11 is 0. The lowest BCUT2D eigenvalue weighted by atomic mass is 10.1. The number of aliphatic hydroxyl groups is 1. The van der Waals surface area contributed by atoms with E-state index in [0.717, 1.165) is 13.0 Å². The number of likely N-dealkylation sites (tertiary alicyclic amines) is 1. The van der Waals surface area contributed by atoms with Crippen LogP contribution in [0.2, 0.25) is 0 Å². The highest BCUT2D eigenvalue weighted by Crippen LogP contribution is 2.19. The maximum atomic E-state index is 10.7. The standard InChI is InChI=1S/C8H17N3O2/c1-8(13)2-3-11(5-8)4-6(9)7(10)12/h6,13H,2-5,9H2,1H3,(H2,10,12). The Morgan fingerprint density at radius 2 is 2.38 bits per heavy atom. The number of hydrogen-bond donors (Lipinski definition) is 3. The molecule has 1 aliphatic rings. The summed E-state index contributed by atoms with van der Waals surface area (Å²) in [4.78, 5) is 12.6. The lowest BCUT2D eigenvalue weighted by Gasteiger charge is -2.20. The molecule has 2 unspecified atom stereocenters. The van der Waals surface area contributed by atoms with Crippen molar-refractivity contribution in [1.82, 2.24) is 4.90 Å². The molecule has 0 saturated carbocycles. The zero-order valence-corrected chi connectivity index (χ0v) is 7.86. The Morgan fingerprint density at radius 1 is 1.77 bits per heavy atom. The van der Waals surface area contributed by atoms with E-state index in [-0.39, 0.29) is 0 Å². The number of nitrogens with zero attached hydrogens (tertiary/aromatic N) is 1. The molecule has 5 nitrogen and oxygen atoms in total. The Hall–Kier alpha value is -0.650. The van der Waals surface area contributed by atoms with E-state index in [1.807, 2.05) is 4.90 Å². The second-order valence-corrected chi connectivity index (χ2v) is 3.99. The van der Waals surface area contributed by atoms with E-state index < -0.39 is 17.6 Å². The number of β-amino-alcohol motifs (C(OH)–C–C–N with tert-alkyl or cyclic N) is 1. The van der Waals surface area contributed by atoms with Crippen LogP contribution in [0.15, 0.2) is 0 Å². The van der Waals surface area contributed by atoms with Crippen molar-refractivity contribution >= 4 is 5.91 Å². The minimum atomic E-state index is -0.642. The topological polar surface area (TPSA) is 92.6 Å². The van der Waals surface area contributed by atoms with Gasteiger partial charge in [0.15, 0.2) is 0 Å². The normalized spacial score (nSPS) is 31.9. The van der Waals surface area contributed by atoms with Gasteiger partial charge < -0.3 is 16.6 Å². The zero-order valence-electron chi connectivity index (χ0n) is 7.86. The van der Waals surface area contributed by atoms with Crippen molar-refractivity contribution in [1.29, 1.82) is 0 Å². The number of carbonyl (C=O) groups excluding carboxylic acids is 1. The molecule has 5 N–H and O–H groups in total. The Bertz CT molecular complexity index is 206. The Balaban J connectivity index is 2.36. The molecular formula is C8H17N3O2. The molecule has 0 spiro atoms. The summed E-state index contributed by atoms with van der Waals surface area (Å²) in [5, 5.41) is 9.62. The molecule has 13 heavy (non-hydrogen) atoms. The fourth-order valence-corrected chi connectivity index (χ4v) is 1.56. The van der Waals surface area contributed by atoms with Gasteiger partial charge in [0.1, 0.15) is 0 Å². The van der Waals surface area contributed by atoms with Gasteiger partial charge in [-0.3, -0.25) is 9.69 Å². The van der Waals surface area contributed by atoms with Gasteiger partial charge in [-0.05, 0) is 13.3 Å². The molecule has 1 fully saturated rings. The third-order valence-corrected chi connectivity index (χ3v) is 2.35. The molecule has 0 bridgehead atoms. The van der Waals surface area contributed by atoms with Gasteiger partial charge in [-0.25, -0.2) is 0 Å². The molecule has 1 heterocycles. The zero-order chi connectivity index (χ0) is 10.1. The molecule has 5 heteroatoms. The summed E-state index contributed by atoms with van der Waals surface area (Å²) in [6.07, 6.45) is 0.721. The molecule has 0 aliphatic carbocycles. The predicted octanol–water partition coefficient (Wildman–Crippen LogP) is -1.74. The van der Waals surface area contributed by atoms with E-state index >= 15 is 0 Å². The van der Waals surface area contributed by atoms with Crippen molar-refractivity contribution in [2.45, 2.75) is 25.0 Å². The van der Waals surface area contributed by atoms with Gasteiger partial charge in [0.2, 0.25) is 5.91 Å². The SMILES string of the molecule is CC1(O)CCN(CC(N)C(N)=O)C1. The van der Waals surface area contributed by atoms with Crippen molar-refractivity contribution in [3.05, 3.63) is 0 Å². The van der Waals surface area contributed by atoms with Gasteiger partial charge in [-0.2, -0.15) is 0 Å².